The molecule has 0 saturated carbocycles. The predicted molar refractivity (Wildman–Crippen MR) is 95.1 cm³/mol. The van der Waals surface area contributed by atoms with E-state index in [1.807, 2.05) is 6.07 Å². The molecule has 0 fully saturated rings. The number of carboxylic acid groups (broad SMARTS) is 1. The van der Waals surface area contributed by atoms with E-state index in [9.17, 15) is 25.3 Å². The Balaban J connectivity index is 1.91. The summed E-state index contributed by atoms with van der Waals surface area (Å²) >= 11 is 0. The molecular weight excluding hydrogens is 348 g/mol. The van der Waals surface area contributed by atoms with Gasteiger partial charge in [0.15, 0.2) is 0 Å². The summed E-state index contributed by atoms with van der Waals surface area (Å²) in [5, 5.41) is 31.1. The van der Waals surface area contributed by atoms with Gasteiger partial charge >= 0.3 is 0 Å². The van der Waals surface area contributed by atoms with Crippen LogP contribution in [0.25, 0.3) is 23.0 Å². The molecule has 2 aromatic carbocycles. The van der Waals surface area contributed by atoms with Gasteiger partial charge in [-0.05, 0) is 47.5 Å². The van der Waals surface area contributed by atoms with E-state index in [4.69, 9.17) is 4.42 Å². The third-order valence-corrected chi connectivity index (χ3v) is 3.81. The Hall–Kier alpha value is -4.18. The van der Waals surface area contributed by atoms with Gasteiger partial charge in [0.05, 0.1) is 22.5 Å². The van der Waals surface area contributed by atoms with E-state index in [1.165, 1.54) is 42.5 Å². The molecule has 0 spiro atoms. The first-order valence-corrected chi connectivity index (χ1v) is 7.76. The van der Waals surface area contributed by atoms with Crippen LogP contribution in [0.4, 0.5) is 5.69 Å². The van der Waals surface area contributed by atoms with Crippen molar-refractivity contribution < 1.29 is 19.2 Å². The van der Waals surface area contributed by atoms with Crippen LogP contribution in [-0.2, 0) is 0 Å². The number of carboxylic acids is 1. The largest absolute Gasteiger partial charge is 0.545 e. The lowest BCUT2D eigenvalue weighted by Gasteiger charge is -2.03. The van der Waals surface area contributed by atoms with Crippen molar-refractivity contribution >= 4 is 23.3 Å². The van der Waals surface area contributed by atoms with E-state index in [-0.39, 0.29) is 16.8 Å². The van der Waals surface area contributed by atoms with Crippen LogP contribution in [0.3, 0.4) is 0 Å². The topological polar surface area (TPSA) is 120 Å². The smallest absolute Gasteiger partial charge is 0.269 e. The van der Waals surface area contributed by atoms with E-state index in [1.54, 1.807) is 24.3 Å². The molecule has 132 valence electrons. The molecule has 3 aromatic rings. The average Bonchev–Trinajstić information content (AvgIpc) is 3.15. The molecule has 0 bridgehead atoms. The van der Waals surface area contributed by atoms with Crippen molar-refractivity contribution in [2.45, 2.75) is 0 Å². The minimum Gasteiger partial charge on any atom is -0.545 e. The Morgan fingerprint density at radius 2 is 1.81 bits per heavy atom. The number of rotatable bonds is 5. The molecule has 0 amide bonds. The van der Waals surface area contributed by atoms with Gasteiger partial charge < -0.3 is 14.3 Å². The number of aromatic carboxylic acids is 1. The van der Waals surface area contributed by atoms with Gasteiger partial charge in [-0.3, -0.25) is 10.1 Å². The number of furan rings is 1. The molecule has 27 heavy (non-hydrogen) atoms. The highest BCUT2D eigenvalue weighted by Gasteiger charge is 2.09. The van der Waals surface area contributed by atoms with Gasteiger partial charge in [-0.15, -0.1) is 0 Å². The van der Waals surface area contributed by atoms with Crippen LogP contribution in [0, 0.1) is 21.4 Å². The zero-order valence-electron chi connectivity index (χ0n) is 13.8. The SMILES string of the molecule is N#C/C(=C\c1ccc(-c2cccc(C(=O)[O-])c2)o1)c1ccc([N+](=O)[O-])cc1. The highest BCUT2D eigenvalue weighted by atomic mass is 16.6. The fourth-order valence-corrected chi connectivity index (χ4v) is 2.47. The molecule has 0 unspecified atom stereocenters. The lowest BCUT2D eigenvalue weighted by atomic mass is 10.1. The Labute approximate surface area is 153 Å². The second kappa shape index (κ2) is 7.37. The third-order valence-electron chi connectivity index (χ3n) is 3.81. The molecular formula is C20H11N2O5-. The predicted octanol–water partition coefficient (Wildman–Crippen LogP) is 3.28. The highest BCUT2D eigenvalue weighted by Crippen LogP contribution is 2.26. The van der Waals surface area contributed by atoms with Crippen LogP contribution in [0.15, 0.2) is 65.1 Å². The van der Waals surface area contributed by atoms with Crippen molar-refractivity contribution in [2.75, 3.05) is 0 Å². The molecule has 1 heterocycles. The summed E-state index contributed by atoms with van der Waals surface area (Å²) in [6, 6.07) is 17.1. The molecule has 0 aliphatic carbocycles. The fourth-order valence-electron chi connectivity index (χ4n) is 2.47. The highest BCUT2D eigenvalue weighted by molar-refractivity contribution is 5.89. The van der Waals surface area contributed by atoms with Crippen LogP contribution >= 0.6 is 0 Å². The summed E-state index contributed by atoms with van der Waals surface area (Å²) in [4.78, 5) is 21.2. The van der Waals surface area contributed by atoms with Crippen LogP contribution < -0.4 is 5.11 Å². The number of nitro groups is 1. The van der Waals surface area contributed by atoms with Crippen LogP contribution in [0.1, 0.15) is 21.7 Å². The van der Waals surface area contributed by atoms with Gasteiger partial charge in [0.1, 0.15) is 11.5 Å². The summed E-state index contributed by atoms with van der Waals surface area (Å²) in [5.74, 6) is -0.461. The van der Waals surface area contributed by atoms with E-state index in [0.29, 0.717) is 22.6 Å². The molecule has 3 rings (SSSR count). The van der Waals surface area contributed by atoms with Crippen molar-refractivity contribution in [1.29, 1.82) is 5.26 Å². The first-order valence-electron chi connectivity index (χ1n) is 7.76. The maximum absolute atomic E-state index is 11.0. The summed E-state index contributed by atoms with van der Waals surface area (Å²) < 4.78 is 5.67. The molecule has 7 nitrogen and oxygen atoms in total. The van der Waals surface area contributed by atoms with Gasteiger partial charge in [0.2, 0.25) is 0 Å². The average molecular weight is 359 g/mol. The summed E-state index contributed by atoms with van der Waals surface area (Å²) in [7, 11) is 0. The summed E-state index contributed by atoms with van der Waals surface area (Å²) in [5.41, 5.74) is 1.31. The zero-order valence-corrected chi connectivity index (χ0v) is 13.8. The summed E-state index contributed by atoms with van der Waals surface area (Å²) in [6.07, 6.45) is 1.51. The molecule has 0 atom stereocenters. The molecule has 0 saturated heterocycles. The van der Waals surface area contributed by atoms with Crippen LogP contribution in [-0.4, -0.2) is 10.9 Å². The number of nitro benzene ring substituents is 1. The number of carbonyl (C=O) groups is 1. The Morgan fingerprint density at radius 3 is 2.44 bits per heavy atom. The number of allylic oxidation sites excluding steroid dienone is 1. The standard InChI is InChI=1S/C20H12N2O5/c21-12-16(13-4-6-17(7-5-13)22(25)26)11-18-8-9-19(27-18)14-2-1-3-15(10-14)20(23)24/h1-11H,(H,23,24)/p-1/b16-11+. The van der Waals surface area contributed by atoms with Gasteiger partial charge in [0, 0.05) is 17.7 Å². The molecule has 0 aliphatic rings. The van der Waals surface area contributed by atoms with Crippen LogP contribution in [0.2, 0.25) is 0 Å². The minimum absolute atomic E-state index is 0.0320. The minimum atomic E-state index is -1.28. The van der Waals surface area contributed by atoms with Crippen molar-refractivity contribution in [3.05, 3.63) is 87.7 Å². The van der Waals surface area contributed by atoms with Crippen molar-refractivity contribution in [3.8, 4) is 17.4 Å². The second-order valence-corrected chi connectivity index (χ2v) is 5.54. The number of nitrogens with zero attached hydrogens (tertiary/aromatic N) is 2. The first-order chi connectivity index (χ1) is 13.0. The summed E-state index contributed by atoms with van der Waals surface area (Å²) in [6.45, 7) is 0. The second-order valence-electron chi connectivity index (χ2n) is 5.54. The quantitative estimate of drug-likeness (QED) is 0.391. The lowest BCUT2D eigenvalue weighted by Crippen LogP contribution is -2.22. The Kier molecular flexibility index (Phi) is 4.82. The normalized spacial score (nSPS) is 11.0. The Morgan fingerprint density at radius 1 is 1.07 bits per heavy atom. The van der Waals surface area contributed by atoms with Gasteiger partial charge in [-0.2, -0.15) is 5.26 Å². The van der Waals surface area contributed by atoms with Crippen molar-refractivity contribution in [1.82, 2.24) is 0 Å². The van der Waals surface area contributed by atoms with E-state index >= 15 is 0 Å². The molecule has 7 heteroatoms. The van der Waals surface area contributed by atoms with Gasteiger partial charge in [0.25, 0.3) is 5.69 Å². The maximum Gasteiger partial charge on any atom is 0.269 e. The van der Waals surface area contributed by atoms with E-state index in [2.05, 4.69) is 0 Å². The number of nitriles is 1. The monoisotopic (exact) mass is 359 g/mol. The van der Waals surface area contributed by atoms with Gasteiger partial charge in [-0.1, -0.05) is 18.2 Å². The number of hydrogen-bond acceptors (Lipinski definition) is 6. The third kappa shape index (κ3) is 3.91. The first kappa shape index (κ1) is 17.6. The number of benzene rings is 2. The van der Waals surface area contributed by atoms with Crippen LogP contribution in [0.5, 0.6) is 0 Å². The number of hydrogen-bond donors (Lipinski definition) is 0. The molecule has 0 aliphatic heterocycles. The van der Waals surface area contributed by atoms with Crippen molar-refractivity contribution in [2.24, 2.45) is 0 Å². The lowest BCUT2D eigenvalue weighted by molar-refractivity contribution is -0.384. The Bertz CT molecular complexity index is 1090. The van der Waals surface area contributed by atoms with E-state index < -0.39 is 10.9 Å². The number of non-ortho nitro benzene ring substituents is 1. The molecule has 0 N–H and O–H groups in total. The van der Waals surface area contributed by atoms with Gasteiger partial charge in [-0.25, -0.2) is 0 Å². The number of carbonyl (C=O) groups excluding carboxylic acids is 1. The maximum atomic E-state index is 11.0. The fraction of sp³-hybridized carbons (Fsp3) is 0. The van der Waals surface area contributed by atoms with Crippen molar-refractivity contribution in [3.63, 3.8) is 0 Å². The molecule has 1 aromatic heterocycles. The zero-order chi connectivity index (χ0) is 19.4. The van der Waals surface area contributed by atoms with E-state index in [0.717, 1.165) is 0 Å². The molecule has 0 radical (unpaired) electrons.